The van der Waals surface area contributed by atoms with Gasteiger partial charge in [-0.1, -0.05) is 0 Å². The van der Waals surface area contributed by atoms with Crippen molar-refractivity contribution < 1.29 is 28.6 Å². The second kappa shape index (κ2) is 12.2. The van der Waals surface area contributed by atoms with E-state index in [0.29, 0.717) is 23.8 Å². The van der Waals surface area contributed by atoms with Crippen molar-refractivity contribution in [2.24, 2.45) is 0 Å². The first-order valence-corrected chi connectivity index (χ1v) is 11.8. The van der Waals surface area contributed by atoms with Gasteiger partial charge in [-0.2, -0.15) is 0 Å². The fourth-order valence-electron chi connectivity index (χ4n) is 3.52. The second-order valence-electron chi connectivity index (χ2n) is 9.13. The number of carbonyl (C=O) groups excluding carboxylic acids is 2. The average Bonchev–Trinajstić information content (AvgIpc) is 2.76. The minimum Gasteiger partial charge on any atom is -0.480 e. The molecule has 192 valence electrons. The highest BCUT2D eigenvalue weighted by atomic mass is 16.6. The molecule has 10 nitrogen and oxygen atoms in total. The van der Waals surface area contributed by atoms with E-state index in [9.17, 15) is 24.3 Å². The standard InChI is InChI=1S/C25H35N3O7/c1-6-28(7-2)17-12-11-16-14-18(23(32)34-20(16)15-17)21(29)26-13-9-8-10-19(22(30)31)27-24(33)35-25(3,4)5/h11-12,14-15,19H,6-10,13H2,1-5H3,(H,26,29)(H,27,33)(H,30,31). The fourth-order valence-corrected chi connectivity index (χ4v) is 3.52. The van der Waals surface area contributed by atoms with Crippen LogP contribution in [0.15, 0.2) is 33.5 Å². The molecule has 0 saturated carbocycles. The zero-order valence-electron chi connectivity index (χ0n) is 21.0. The highest BCUT2D eigenvalue weighted by molar-refractivity contribution is 5.97. The molecular formula is C25H35N3O7. The van der Waals surface area contributed by atoms with Gasteiger partial charge < -0.3 is 29.8 Å². The largest absolute Gasteiger partial charge is 0.480 e. The van der Waals surface area contributed by atoms with Crippen molar-refractivity contribution >= 4 is 34.6 Å². The van der Waals surface area contributed by atoms with Gasteiger partial charge in [0.15, 0.2) is 0 Å². The molecule has 0 spiro atoms. The van der Waals surface area contributed by atoms with Crippen molar-refractivity contribution in [3.63, 3.8) is 0 Å². The number of anilines is 1. The number of rotatable bonds is 11. The van der Waals surface area contributed by atoms with Crippen LogP contribution in [0.4, 0.5) is 10.5 Å². The molecule has 0 aliphatic rings. The van der Waals surface area contributed by atoms with Crippen LogP contribution in [0.1, 0.15) is 64.2 Å². The number of aliphatic carboxylic acids is 1. The highest BCUT2D eigenvalue weighted by Gasteiger charge is 2.23. The van der Waals surface area contributed by atoms with Crippen LogP contribution < -0.4 is 21.2 Å². The predicted molar refractivity (Wildman–Crippen MR) is 133 cm³/mol. The van der Waals surface area contributed by atoms with Crippen LogP contribution in [0.5, 0.6) is 0 Å². The van der Waals surface area contributed by atoms with E-state index in [4.69, 9.17) is 9.15 Å². The summed E-state index contributed by atoms with van der Waals surface area (Å²) in [6.45, 7) is 11.0. The van der Waals surface area contributed by atoms with Gasteiger partial charge >= 0.3 is 17.7 Å². The predicted octanol–water partition coefficient (Wildman–Crippen LogP) is 3.52. The number of carbonyl (C=O) groups is 3. The molecule has 2 aromatic rings. The maximum absolute atomic E-state index is 12.5. The summed E-state index contributed by atoms with van der Waals surface area (Å²) >= 11 is 0. The van der Waals surface area contributed by atoms with Crippen LogP contribution in [0.2, 0.25) is 0 Å². The number of nitrogens with zero attached hydrogens (tertiary/aromatic N) is 1. The number of hydrogen-bond acceptors (Lipinski definition) is 7. The Balaban J connectivity index is 1.91. The van der Waals surface area contributed by atoms with Gasteiger partial charge in [-0.3, -0.25) is 4.79 Å². The number of alkyl carbamates (subject to hydrolysis) is 1. The molecule has 1 atom stereocenters. The minimum absolute atomic E-state index is 0.0944. The Kier molecular flexibility index (Phi) is 9.68. The van der Waals surface area contributed by atoms with E-state index in [-0.39, 0.29) is 18.5 Å². The van der Waals surface area contributed by atoms with Crippen LogP contribution in [0.3, 0.4) is 0 Å². The molecule has 0 aliphatic heterocycles. The summed E-state index contributed by atoms with van der Waals surface area (Å²) in [5.74, 6) is -1.73. The van der Waals surface area contributed by atoms with Gasteiger partial charge in [0.1, 0.15) is 22.8 Å². The van der Waals surface area contributed by atoms with Crippen molar-refractivity contribution in [2.45, 2.75) is 65.5 Å². The molecule has 35 heavy (non-hydrogen) atoms. The number of unbranched alkanes of at least 4 members (excludes halogenated alkanes) is 1. The van der Waals surface area contributed by atoms with Crippen LogP contribution in [-0.4, -0.2) is 54.4 Å². The Morgan fingerprint density at radius 2 is 1.80 bits per heavy atom. The zero-order chi connectivity index (χ0) is 26.2. The van der Waals surface area contributed by atoms with Gasteiger partial charge in [0.25, 0.3) is 5.91 Å². The van der Waals surface area contributed by atoms with Crippen molar-refractivity contribution in [1.29, 1.82) is 0 Å². The Morgan fingerprint density at radius 1 is 1.11 bits per heavy atom. The maximum atomic E-state index is 12.5. The van der Waals surface area contributed by atoms with Gasteiger partial charge in [-0.05, 0) is 72.1 Å². The van der Waals surface area contributed by atoms with E-state index < -0.39 is 35.2 Å². The summed E-state index contributed by atoms with van der Waals surface area (Å²) in [5.41, 5.74) is -0.209. The van der Waals surface area contributed by atoms with Crippen molar-refractivity contribution in [3.05, 3.63) is 40.2 Å². The van der Waals surface area contributed by atoms with Gasteiger partial charge in [0, 0.05) is 36.8 Å². The lowest BCUT2D eigenvalue weighted by atomic mass is 10.1. The van der Waals surface area contributed by atoms with Crippen LogP contribution >= 0.6 is 0 Å². The van der Waals surface area contributed by atoms with Crippen LogP contribution in [0, 0.1) is 0 Å². The summed E-state index contributed by atoms with van der Waals surface area (Å²) in [4.78, 5) is 50.3. The Bertz CT molecular complexity index is 1100. The number of nitrogens with one attached hydrogen (secondary N) is 2. The van der Waals surface area contributed by atoms with Crippen molar-refractivity contribution in [1.82, 2.24) is 10.6 Å². The summed E-state index contributed by atoms with van der Waals surface area (Å²) in [5, 5.41) is 15.0. The minimum atomic E-state index is -1.17. The molecule has 10 heteroatoms. The van der Waals surface area contributed by atoms with Gasteiger partial charge in [0.2, 0.25) is 0 Å². The third kappa shape index (κ3) is 8.31. The van der Waals surface area contributed by atoms with Crippen molar-refractivity contribution in [2.75, 3.05) is 24.5 Å². The van der Waals surface area contributed by atoms with Gasteiger partial charge in [-0.25, -0.2) is 14.4 Å². The lowest BCUT2D eigenvalue weighted by molar-refractivity contribution is -0.139. The van der Waals surface area contributed by atoms with Crippen molar-refractivity contribution in [3.8, 4) is 0 Å². The molecule has 1 unspecified atom stereocenters. The van der Waals surface area contributed by atoms with Gasteiger partial charge in [-0.15, -0.1) is 0 Å². The number of benzene rings is 1. The first-order chi connectivity index (χ1) is 16.4. The summed E-state index contributed by atoms with van der Waals surface area (Å²) in [6, 6.07) is 5.92. The zero-order valence-corrected chi connectivity index (χ0v) is 21.0. The molecule has 2 amide bonds. The molecule has 3 N–H and O–H groups in total. The van der Waals surface area contributed by atoms with Gasteiger partial charge in [0.05, 0.1) is 0 Å². The number of carboxylic acid groups (broad SMARTS) is 1. The molecule has 2 rings (SSSR count). The number of fused-ring (bicyclic) bond motifs is 1. The lowest BCUT2D eigenvalue weighted by Gasteiger charge is -2.22. The summed E-state index contributed by atoms with van der Waals surface area (Å²) in [6.07, 6.45) is 0.244. The SMILES string of the molecule is CCN(CC)c1ccc2cc(C(=O)NCCCCC(NC(=O)OC(C)(C)C)C(=O)O)c(=O)oc2c1. The number of hydrogen-bond donors (Lipinski definition) is 3. The molecule has 1 aromatic heterocycles. The average molecular weight is 490 g/mol. The Labute approximate surface area is 204 Å². The quantitative estimate of drug-likeness (QED) is 0.322. The summed E-state index contributed by atoms with van der Waals surface area (Å²) in [7, 11) is 0. The highest BCUT2D eigenvalue weighted by Crippen LogP contribution is 2.22. The molecule has 0 bridgehead atoms. The van der Waals surface area contributed by atoms with E-state index in [1.54, 1.807) is 26.8 Å². The second-order valence-corrected chi connectivity index (χ2v) is 9.13. The third-order valence-electron chi connectivity index (χ3n) is 5.29. The number of carboxylic acids is 1. The lowest BCUT2D eigenvalue weighted by Crippen LogP contribution is -2.43. The maximum Gasteiger partial charge on any atom is 0.408 e. The molecular weight excluding hydrogens is 454 g/mol. The molecule has 0 radical (unpaired) electrons. The van der Waals surface area contributed by atoms with E-state index in [2.05, 4.69) is 15.5 Å². The van der Waals surface area contributed by atoms with E-state index in [1.807, 2.05) is 26.0 Å². The Hall–Kier alpha value is -3.56. The third-order valence-corrected chi connectivity index (χ3v) is 5.29. The first kappa shape index (κ1) is 27.7. The fraction of sp³-hybridized carbons (Fsp3) is 0.520. The molecule has 0 aliphatic carbocycles. The Morgan fingerprint density at radius 3 is 2.40 bits per heavy atom. The summed E-state index contributed by atoms with van der Waals surface area (Å²) < 4.78 is 10.5. The van der Waals surface area contributed by atoms with E-state index in [1.165, 1.54) is 6.07 Å². The number of ether oxygens (including phenoxy) is 1. The monoisotopic (exact) mass is 489 g/mol. The molecule has 1 aromatic carbocycles. The number of amides is 2. The van der Waals surface area contributed by atoms with E-state index >= 15 is 0 Å². The topological polar surface area (TPSA) is 138 Å². The molecule has 1 heterocycles. The first-order valence-electron chi connectivity index (χ1n) is 11.8. The normalized spacial score (nSPS) is 12.1. The van der Waals surface area contributed by atoms with Crippen LogP contribution in [-0.2, 0) is 9.53 Å². The smallest absolute Gasteiger partial charge is 0.408 e. The van der Waals surface area contributed by atoms with E-state index in [0.717, 1.165) is 18.8 Å². The van der Waals surface area contributed by atoms with Crippen LogP contribution in [0.25, 0.3) is 11.0 Å². The molecule has 0 fully saturated rings. The molecule has 0 saturated heterocycles.